The van der Waals surface area contributed by atoms with Crippen LogP contribution < -0.4 is 0 Å². The quantitative estimate of drug-likeness (QED) is 0.684. The second-order valence-corrected chi connectivity index (χ2v) is 3.53. The molecular weight excluding hydrogens is 172 g/mol. The van der Waals surface area contributed by atoms with E-state index < -0.39 is 0 Å². The molecule has 0 aliphatic rings. The Balaban J connectivity index is 2.35. The molecule has 0 aliphatic heterocycles. The molecule has 0 saturated heterocycles. The molecule has 0 bridgehead atoms. The van der Waals surface area contributed by atoms with Crippen LogP contribution in [-0.2, 0) is 6.42 Å². The molecule has 1 unspecified atom stereocenters. The first-order valence-corrected chi connectivity index (χ1v) is 5.14. The smallest absolute Gasteiger partial charge is 0.0436 e. The van der Waals surface area contributed by atoms with Crippen LogP contribution in [0.1, 0.15) is 18.4 Å². The fraction of sp³-hybridized carbons (Fsp3) is 0.385. The van der Waals surface area contributed by atoms with Crippen molar-refractivity contribution < 1.29 is 5.11 Å². The van der Waals surface area contributed by atoms with E-state index >= 15 is 0 Å². The average Bonchev–Trinajstić information content (AvgIpc) is 2.25. The monoisotopic (exact) mass is 190 g/mol. The number of benzene rings is 1. The van der Waals surface area contributed by atoms with Gasteiger partial charge >= 0.3 is 0 Å². The highest BCUT2D eigenvalue weighted by atomic mass is 16.3. The van der Waals surface area contributed by atoms with Gasteiger partial charge in [0.1, 0.15) is 0 Å². The molecule has 1 aromatic rings. The van der Waals surface area contributed by atoms with E-state index in [1.807, 2.05) is 12.1 Å². The maximum Gasteiger partial charge on any atom is 0.0436 e. The lowest BCUT2D eigenvalue weighted by Gasteiger charge is -2.10. The first kappa shape index (κ1) is 11.0. The first-order valence-electron chi connectivity index (χ1n) is 5.14. The Morgan fingerprint density at radius 2 is 1.93 bits per heavy atom. The molecule has 1 nitrogen and oxygen atoms in total. The van der Waals surface area contributed by atoms with Gasteiger partial charge in [-0.05, 0) is 30.7 Å². The van der Waals surface area contributed by atoms with Gasteiger partial charge in [-0.15, -0.1) is 6.58 Å². The number of aliphatic hydroxyl groups is 1. The summed E-state index contributed by atoms with van der Waals surface area (Å²) < 4.78 is 0. The Labute approximate surface area is 86.1 Å². The average molecular weight is 190 g/mol. The van der Waals surface area contributed by atoms with E-state index in [4.69, 9.17) is 5.11 Å². The molecule has 1 N–H and O–H groups in total. The topological polar surface area (TPSA) is 20.2 Å². The number of allylic oxidation sites excluding steroid dienone is 1. The van der Waals surface area contributed by atoms with Crippen LogP contribution in [0.3, 0.4) is 0 Å². The lowest BCUT2D eigenvalue weighted by atomic mass is 9.97. The predicted octanol–water partition coefficient (Wildman–Crippen LogP) is 2.80. The number of aliphatic hydroxyl groups excluding tert-OH is 1. The molecule has 76 valence electrons. The van der Waals surface area contributed by atoms with Gasteiger partial charge < -0.3 is 5.11 Å². The van der Waals surface area contributed by atoms with Crippen LogP contribution in [0.5, 0.6) is 0 Å². The van der Waals surface area contributed by atoms with Crippen molar-refractivity contribution in [1.29, 1.82) is 0 Å². The van der Waals surface area contributed by atoms with Gasteiger partial charge in [-0.25, -0.2) is 0 Å². The molecule has 1 aromatic carbocycles. The van der Waals surface area contributed by atoms with Gasteiger partial charge in [-0.3, -0.25) is 0 Å². The van der Waals surface area contributed by atoms with Crippen LogP contribution in [0, 0.1) is 5.92 Å². The third-order valence-corrected chi connectivity index (χ3v) is 2.48. The van der Waals surface area contributed by atoms with Crippen LogP contribution in [0.2, 0.25) is 0 Å². The SMILES string of the molecule is C=CC(CCO)CCc1ccccc1. The Bertz CT molecular complexity index is 253. The van der Waals surface area contributed by atoms with Gasteiger partial charge in [0.25, 0.3) is 0 Å². The zero-order valence-electron chi connectivity index (χ0n) is 8.52. The van der Waals surface area contributed by atoms with Gasteiger partial charge in [-0.2, -0.15) is 0 Å². The molecule has 14 heavy (non-hydrogen) atoms. The van der Waals surface area contributed by atoms with Crippen molar-refractivity contribution in [3.05, 3.63) is 48.6 Å². The van der Waals surface area contributed by atoms with E-state index in [0.29, 0.717) is 5.92 Å². The number of hydrogen-bond donors (Lipinski definition) is 1. The summed E-state index contributed by atoms with van der Waals surface area (Å²) in [5.41, 5.74) is 1.36. The van der Waals surface area contributed by atoms with E-state index in [0.717, 1.165) is 19.3 Å². The van der Waals surface area contributed by atoms with Crippen LogP contribution >= 0.6 is 0 Å². The zero-order valence-corrected chi connectivity index (χ0v) is 8.52. The van der Waals surface area contributed by atoms with Gasteiger partial charge in [-0.1, -0.05) is 36.4 Å². The van der Waals surface area contributed by atoms with E-state index in [9.17, 15) is 0 Å². The summed E-state index contributed by atoms with van der Waals surface area (Å²) in [5, 5.41) is 8.82. The van der Waals surface area contributed by atoms with Gasteiger partial charge in [0.15, 0.2) is 0 Å². The lowest BCUT2D eigenvalue weighted by molar-refractivity contribution is 0.267. The number of rotatable bonds is 6. The standard InChI is InChI=1S/C13H18O/c1-2-12(10-11-14)8-9-13-6-4-3-5-7-13/h2-7,12,14H,1,8-11H2. The summed E-state index contributed by atoms with van der Waals surface area (Å²) in [5.74, 6) is 0.445. The maximum absolute atomic E-state index is 8.82. The molecule has 0 radical (unpaired) electrons. The van der Waals surface area contributed by atoms with Gasteiger partial charge in [0, 0.05) is 6.61 Å². The molecule has 0 spiro atoms. The molecular formula is C13H18O. The number of hydrogen-bond acceptors (Lipinski definition) is 1. The molecule has 1 heteroatoms. The molecule has 0 aromatic heterocycles. The molecule has 0 fully saturated rings. The predicted molar refractivity (Wildman–Crippen MR) is 60.2 cm³/mol. The number of aryl methyl sites for hydroxylation is 1. The summed E-state index contributed by atoms with van der Waals surface area (Å²) in [4.78, 5) is 0. The van der Waals surface area contributed by atoms with Crippen LogP contribution in [0.25, 0.3) is 0 Å². The minimum absolute atomic E-state index is 0.255. The van der Waals surface area contributed by atoms with Crippen molar-refractivity contribution in [3.8, 4) is 0 Å². The van der Waals surface area contributed by atoms with Crippen molar-refractivity contribution in [2.24, 2.45) is 5.92 Å². The molecule has 0 aliphatic carbocycles. The Hall–Kier alpha value is -1.08. The zero-order chi connectivity index (χ0) is 10.2. The molecule has 0 amide bonds. The summed E-state index contributed by atoms with van der Waals surface area (Å²) in [6.07, 6.45) is 4.92. The van der Waals surface area contributed by atoms with Crippen LogP contribution in [0.15, 0.2) is 43.0 Å². The molecule has 1 atom stereocenters. The van der Waals surface area contributed by atoms with Crippen LogP contribution in [0.4, 0.5) is 0 Å². The van der Waals surface area contributed by atoms with Crippen molar-refractivity contribution in [2.45, 2.75) is 19.3 Å². The van der Waals surface area contributed by atoms with Crippen molar-refractivity contribution >= 4 is 0 Å². The van der Waals surface area contributed by atoms with E-state index in [2.05, 4.69) is 30.8 Å². The maximum atomic E-state index is 8.82. The summed E-state index contributed by atoms with van der Waals surface area (Å²) in [6.45, 7) is 4.04. The highest BCUT2D eigenvalue weighted by molar-refractivity contribution is 5.14. The first-order chi connectivity index (χ1) is 6.86. The highest BCUT2D eigenvalue weighted by Crippen LogP contribution is 2.13. The molecule has 0 heterocycles. The lowest BCUT2D eigenvalue weighted by Crippen LogP contribution is -2.01. The Kier molecular flexibility index (Phi) is 5.02. The largest absolute Gasteiger partial charge is 0.396 e. The molecule has 0 saturated carbocycles. The highest BCUT2D eigenvalue weighted by Gasteiger charge is 2.03. The summed E-state index contributed by atoms with van der Waals surface area (Å²) in [7, 11) is 0. The summed E-state index contributed by atoms with van der Waals surface area (Å²) >= 11 is 0. The minimum atomic E-state index is 0.255. The van der Waals surface area contributed by atoms with Gasteiger partial charge in [0.2, 0.25) is 0 Å². The fourth-order valence-corrected chi connectivity index (χ4v) is 1.54. The normalized spacial score (nSPS) is 12.4. The van der Waals surface area contributed by atoms with Crippen molar-refractivity contribution in [3.63, 3.8) is 0 Å². The van der Waals surface area contributed by atoms with Gasteiger partial charge in [0.05, 0.1) is 0 Å². The van der Waals surface area contributed by atoms with Crippen LogP contribution in [-0.4, -0.2) is 11.7 Å². The second kappa shape index (κ2) is 6.39. The third kappa shape index (κ3) is 3.75. The van der Waals surface area contributed by atoms with E-state index in [-0.39, 0.29) is 6.61 Å². The van der Waals surface area contributed by atoms with Crippen molar-refractivity contribution in [2.75, 3.05) is 6.61 Å². The molecule has 1 rings (SSSR count). The third-order valence-electron chi connectivity index (χ3n) is 2.48. The van der Waals surface area contributed by atoms with Crippen molar-refractivity contribution in [1.82, 2.24) is 0 Å². The fourth-order valence-electron chi connectivity index (χ4n) is 1.54. The second-order valence-electron chi connectivity index (χ2n) is 3.53. The minimum Gasteiger partial charge on any atom is -0.396 e. The Morgan fingerprint density at radius 1 is 1.21 bits per heavy atom. The van der Waals surface area contributed by atoms with E-state index in [1.54, 1.807) is 0 Å². The van der Waals surface area contributed by atoms with E-state index in [1.165, 1.54) is 5.56 Å². The Morgan fingerprint density at radius 3 is 2.50 bits per heavy atom. The summed E-state index contributed by atoms with van der Waals surface area (Å²) in [6, 6.07) is 10.4.